The number of carbonyl (C=O) groups excluding carboxylic acids is 1. The number of imidazole rings is 1. The van der Waals surface area contributed by atoms with Gasteiger partial charge in [0.25, 0.3) is 0 Å². The van der Waals surface area contributed by atoms with Crippen LogP contribution < -0.4 is 0 Å². The quantitative estimate of drug-likeness (QED) is 0.845. The van der Waals surface area contributed by atoms with Gasteiger partial charge in [-0.15, -0.1) is 0 Å². The van der Waals surface area contributed by atoms with Gasteiger partial charge < -0.3 is 14.4 Å². The van der Waals surface area contributed by atoms with Gasteiger partial charge in [0.1, 0.15) is 5.82 Å². The average molecular weight is 280 g/mol. The van der Waals surface area contributed by atoms with Crippen molar-refractivity contribution in [3.63, 3.8) is 0 Å². The molecule has 1 N–H and O–H groups in total. The molecule has 0 fully saturated rings. The number of aromatic carboxylic acids is 1. The van der Waals surface area contributed by atoms with Crippen LogP contribution in [0.5, 0.6) is 0 Å². The third kappa shape index (κ3) is 2.69. The van der Waals surface area contributed by atoms with Crippen LogP contribution in [-0.4, -0.2) is 33.7 Å². The Hall–Kier alpha value is -1.85. The smallest absolute Gasteiger partial charge is 0.356 e. The number of fused-ring (bicyclic) bond motifs is 1. The van der Waals surface area contributed by atoms with Crippen molar-refractivity contribution in [2.75, 3.05) is 7.11 Å². The molecule has 1 aliphatic heterocycles. The molecule has 0 bridgehead atoms. The van der Waals surface area contributed by atoms with E-state index in [1.54, 1.807) is 0 Å². The van der Waals surface area contributed by atoms with Gasteiger partial charge in [0.2, 0.25) is 0 Å². The van der Waals surface area contributed by atoms with Crippen LogP contribution in [0.25, 0.3) is 0 Å². The van der Waals surface area contributed by atoms with Gasteiger partial charge in [-0.1, -0.05) is 13.8 Å². The highest BCUT2D eigenvalue weighted by Crippen LogP contribution is 2.27. The van der Waals surface area contributed by atoms with Crippen molar-refractivity contribution in [2.24, 2.45) is 11.8 Å². The molecule has 0 spiro atoms. The number of ether oxygens (including phenoxy) is 1. The Morgan fingerprint density at radius 1 is 1.50 bits per heavy atom. The number of carbonyl (C=O) groups is 2. The summed E-state index contributed by atoms with van der Waals surface area (Å²) in [6.45, 7) is 4.77. The van der Waals surface area contributed by atoms with E-state index < -0.39 is 5.97 Å². The van der Waals surface area contributed by atoms with Gasteiger partial charge in [-0.2, -0.15) is 0 Å². The van der Waals surface area contributed by atoms with E-state index in [-0.39, 0.29) is 17.6 Å². The fraction of sp³-hybridized carbons (Fsp3) is 0.643. The first-order chi connectivity index (χ1) is 9.43. The summed E-state index contributed by atoms with van der Waals surface area (Å²) in [7, 11) is 1.36. The molecule has 0 saturated carbocycles. The minimum Gasteiger partial charge on any atom is -0.476 e. The first kappa shape index (κ1) is 14.6. The van der Waals surface area contributed by atoms with Crippen LogP contribution in [0.3, 0.4) is 0 Å². The third-order valence-electron chi connectivity index (χ3n) is 3.62. The molecule has 1 unspecified atom stereocenters. The highest BCUT2D eigenvalue weighted by molar-refractivity contribution is 5.87. The Morgan fingerprint density at radius 2 is 2.20 bits per heavy atom. The Labute approximate surface area is 117 Å². The number of rotatable bonds is 4. The van der Waals surface area contributed by atoms with Gasteiger partial charge in [0.15, 0.2) is 5.69 Å². The van der Waals surface area contributed by atoms with Gasteiger partial charge in [-0.05, 0) is 12.3 Å². The molecule has 2 rings (SSSR count). The number of hydrogen-bond acceptors (Lipinski definition) is 4. The average Bonchev–Trinajstić information content (AvgIpc) is 2.75. The largest absolute Gasteiger partial charge is 0.476 e. The molecule has 1 atom stereocenters. The van der Waals surface area contributed by atoms with Crippen molar-refractivity contribution >= 4 is 11.9 Å². The van der Waals surface area contributed by atoms with Crippen molar-refractivity contribution in [2.45, 2.75) is 39.7 Å². The van der Waals surface area contributed by atoms with Gasteiger partial charge in [-0.25, -0.2) is 9.78 Å². The minimum atomic E-state index is -1.03. The monoisotopic (exact) mass is 280 g/mol. The lowest BCUT2D eigenvalue weighted by Crippen LogP contribution is -2.28. The van der Waals surface area contributed by atoms with Crippen LogP contribution in [-0.2, 0) is 28.9 Å². The molecule has 6 heteroatoms. The summed E-state index contributed by atoms with van der Waals surface area (Å²) in [5, 5.41) is 9.28. The maximum absolute atomic E-state index is 11.6. The van der Waals surface area contributed by atoms with Crippen LogP contribution in [0.4, 0.5) is 0 Å². The van der Waals surface area contributed by atoms with E-state index in [2.05, 4.69) is 18.8 Å². The normalized spacial score (nSPS) is 17.9. The summed E-state index contributed by atoms with van der Waals surface area (Å²) in [5.74, 6) is -0.375. The molecule has 1 aromatic rings. The molecule has 0 aliphatic carbocycles. The summed E-state index contributed by atoms with van der Waals surface area (Å²) < 4.78 is 6.72. The molecular weight excluding hydrogens is 260 g/mol. The maximum atomic E-state index is 11.6. The van der Waals surface area contributed by atoms with E-state index in [1.807, 2.05) is 4.57 Å². The Kier molecular flexibility index (Phi) is 4.11. The summed E-state index contributed by atoms with van der Waals surface area (Å²) in [6, 6.07) is 0. The van der Waals surface area contributed by atoms with E-state index in [1.165, 1.54) is 7.11 Å². The van der Waals surface area contributed by atoms with Crippen LogP contribution in [0.15, 0.2) is 0 Å². The van der Waals surface area contributed by atoms with E-state index in [4.69, 9.17) is 4.74 Å². The number of carboxylic acids is 1. The molecule has 20 heavy (non-hydrogen) atoms. The van der Waals surface area contributed by atoms with Gasteiger partial charge in [0, 0.05) is 19.4 Å². The van der Waals surface area contributed by atoms with E-state index in [0.29, 0.717) is 31.0 Å². The standard InChI is InChI=1S/C14H20N2O4/c1-8(2)6-11-15-12(13(17)18)10-7-9(14(19)20-3)4-5-16(10)11/h8-9H,4-7H2,1-3H3,(H,17,18). The Bertz CT molecular complexity index is 534. The lowest BCUT2D eigenvalue weighted by Gasteiger charge is -2.23. The Morgan fingerprint density at radius 3 is 2.75 bits per heavy atom. The molecule has 0 radical (unpaired) electrons. The summed E-state index contributed by atoms with van der Waals surface area (Å²) in [5.41, 5.74) is 0.726. The molecule has 1 aromatic heterocycles. The molecule has 1 aliphatic rings. The van der Waals surface area contributed by atoms with Crippen molar-refractivity contribution in [1.82, 2.24) is 9.55 Å². The Balaban J connectivity index is 2.36. The van der Waals surface area contributed by atoms with E-state index in [9.17, 15) is 14.7 Å². The number of nitrogens with zero attached hydrogens (tertiary/aromatic N) is 2. The number of carboxylic acid groups (broad SMARTS) is 1. The third-order valence-corrected chi connectivity index (χ3v) is 3.62. The van der Waals surface area contributed by atoms with Crippen molar-refractivity contribution in [3.05, 3.63) is 17.2 Å². The minimum absolute atomic E-state index is 0.0780. The van der Waals surface area contributed by atoms with Crippen LogP contribution in [0, 0.1) is 11.8 Å². The van der Waals surface area contributed by atoms with Gasteiger partial charge >= 0.3 is 11.9 Å². The molecular formula is C14H20N2O4. The molecule has 110 valence electrons. The SMILES string of the molecule is COC(=O)C1CCn2c(CC(C)C)nc(C(=O)O)c2C1. The zero-order valence-corrected chi connectivity index (χ0v) is 12.0. The highest BCUT2D eigenvalue weighted by atomic mass is 16.5. The van der Waals surface area contributed by atoms with Crippen LogP contribution in [0.2, 0.25) is 0 Å². The van der Waals surface area contributed by atoms with Crippen LogP contribution >= 0.6 is 0 Å². The second-order valence-corrected chi connectivity index (χ2v) is 5.59. The number of hydrogen-bond donors (Lipinski definition) is 1. The summed E-state index contributed by atoms with van der Waals surface area (Å²) in [4.78, 5) is 27.2. The highest BCUT2D eigenvalue weighted by Gasteiger charge is 2.32. The second kappa shape index (κ2) is 5.64. The predicted molar refractivity (Wildman–Crippen MR) is 71.6 cm³/mol. The lowest BCUT2D eigenvalue weighted by molar-refractivity contribution is -0.146. The zero-order valence-electron chi connectivity index (χ0n) is 12.0. The zero-order chi connectivity index (χ0) is 14.9. The predicted octanol–water partition coefficient (Wildman–Crippen LogP) is 1.52. The number of aromatic nitrogens is 2. The fourth-order valence-corrected chi connectivity index (χ4v) is 2.69. The molecule has 0 amide bonds. The number of methoxy groups -OCH3 is 1. The first-order valence-corrected chi connectivity index (χ1v) is 6.83. The van der Waals surface area contributed by atoms with Gasteiger partial charge in [-0.3, -0.25) is 4.79 Å². The maximum Gasteiger partial charge on any atom is 0.356 e. The first-order valence-electron chi connectivity index (χ1n) is 6.83. The molecule has 6 nitrogen and oxygen atoms in total. The lowest BCUT2D eigenvalue weighted by atomic mass is 9.95. The van der Waals surface area contributed by atoms with E-state index >= 15 is 0 Å². The topological polar surface area (TPSA) is 81.4 Å². The molecule has 0 aromatic carbocycles. The molecule has 2 heterocycles. The van der Waals surface area contributed by atoms with Crippen molar-refractivity contribution in [3.8, 4) is 0 Å². The fourth-order valence-electron chi connectivity index (χ4n) is 2.69. The van der Waals surface area contributed by atoms with Crippen LogP contribution in [0.1, 0.15) is 42.3 Å². The van der Waals surface area contributed by atoms with Gasteiger partial charge in [0.05, 0.1) is 18.7 Å². The number of esters is 1. The van der Waals surface area contributed by atoms with E-state index in [0.717, 1.165) is 12.2 Å². The summed E-state index contributed by atoms with van der Waals surface area (Å²) in [6.07, 6.45) is 1.79. The summed E-state index contributed by atoms with van der Waals surface area (Å²) >= 11 is 0. The van der Waals surface area contributed by atoms with Crippen molar-refractivity contribution < 1.29 is 19.4 Å². The molecule has 0 saturated heterocycles. The van der Waals surface area contributed by atoms with Crippen molar-refractivity contribution in [1.29, 1.82) is 0 Å². The second-order valence-electron chi connectivity index (χ2n) is 5.59.